The Bertz CT molecular complexity index is 632. The van der Waals surface area contributed by atoms with Crippen molar-refractivity contribution in [1.82, 2.24) is 5.32 Å². The third-order valence-electron chi connectivity index (χ3n) is 4.42. The number of benzene rings is 1. The minimum absolute atomic E-state index is 0.0999. The summed E-state index contributed by atoms with van der Waals surface area (Å²) in [4.78, 5) is 12.8. The Kier molecular flexibility index (Phi) is 5.68. The average molecular weight is 338 g/mol. The first-order chi connectivity index (χ1) is 10.9. The molecule has 0 bridgehead atoms. The normalized spacial score (nSPS) is 17.5. The minimum Gasteiger partial charge on any atom is -0.355 e. The molecule has 6 heteroatoms. The van der Waals surface area contributed by atoms with E-state index in [-0.39, 0.29) is 5.91 Å². The summed E-state index contributed by atoms with van der Waals surface area (Å²) < 4.78 is 25.1. The van der Waals surface area contributed by atoms with Crippen LogP contribution in [0.4, 0.5) is 5.69 Å². The summed E-state index contributed by atoms with van der Waals surface area (Å²) in [5, 5.41) is 3.04. The average Bonchev–Trinajstić information content (AvgIpc) is 2.52. The zero-order valence-electron chi connectivity index (χ0n) is 13.9. The van der Waals surface area contributed by atoms with Crippen molar-refractivity contribution in [2.45, 2.75) is 50.9 Å². The Balaban J connectivity index is 2.27. The van der Waals surface area contributed by atoms with Gasteiger partial charge in [-0.2, -0.15) is 0 Å². The molecule has 0 atom stereocenters. The third kappa shape index (κ3) is 4.47. The first-order valence-electron chi connectivity index (χ1n) is 8.24. The summed E-state index contributed by atoms with van der Waals surface area (Å²) in [6, 6.07) is 7.23. The minimum atomic E-state index is -3.29. The molecule has 0 heterocycles. The summed E-state index contributed by atoms with van der Waals surface area (Å²) in [5.74, 6) is 0.0999. The molecule has 2 rings (SSSR count). The van der Waals surface area contributed by atoms with Gasteiger partial charge in [0.25, 0.3) is 0 Å². The van der Waals surface area contributed by atoms with E-state index in [9.17, 15) is 13.2 Å². The first kappa shape index (κ1) is 17.8. The number of anilines is 1. The van der Waals surface area contributed by atoms with Crippen molar-refractivity contribution in [3.63, 3.8) is 0 Å². The summed E-state index contributed by atoms with van der Waals surface area (Å²) in [6.07, 6.45) is 6.99. The van der Waals surface area contributed by atoms with E-state index in [4.69, 9.17) is 0 Å². The van der Waals surface area contributed by atoms with Gasteiger partial charge in [0.1, 0.15) is 0 Å². The van der Waals surface area contributed by atoms with Crippen LogP contribution >= 0.6 is 0 Å². The lowest BCUT2D eigenvalue weighted by Crippen LogP contribution is -2.46. The Morgan fingerprint density at radius 2 is 1.74 bits per heavy atom. The van der Waals surface area contributed by atoms with E-state index in [0.717, 1.165) is 50.3 Å². The molecule has 0 spiro atoms. The third-order valence-corrected chi connectivity index (χ3v) is 5.02. The van der Waals surface area contributed by atoms with Crippen molar-refractivity contribution in [2.24, 2.45) is 0 Å². The van der Waals surface area contributed by atoms with Crippen LogP contribution in [0.1, 0.15) is 51.0 Å². The highest BCUT2D eigenvalue weighted by molar-refractivity contribution is 7.92. The molecule has 128 valence electrons. The number of rotatable bonds is 6. The van der Waals surface area contributed by atoms with E-state index in [1.165, 1.54) is 0 Å². The van der Waals surface area contributed by atoms with E-state index in [1.807, 2.05) is 19.1 Å². The van der Waals surface area contributed by atoms with Gasteiger partial charge in [-0.15, -0.1) is 0 Å². The topological polar surface area (TPSA) is 75.3 Å². The van der Waals surface area contributed by atoms with Gasteiger partial charge in [-0.05, 0) is 37.0 Å². The first-order valence-corrected chi connectivity index (χ1v) is 10.1. The standard InChI is InChI=1S/C17H26N2O3S/c1-3-13-18-16(20)17(11-5-4-6-12-17)14-7-9-15(10-8-14)19-23(2,21)22/h7-10,19H,3-6,11-13H2,1-2H3,(H,18,20). The van der Waals surface area contributed by atoms with Crippen LogP contribution in [-0.4, -0.2) is 27.1 Å². The van der Waals surface area contributed by atoms with Crippen LogP contribution in [-0.2, 0) is 20.2 Å². The predicted molar refractivity (Wildman–Crippen MR) is 93.0 cm³/mol. The number of amides is 1. The lowest BCUT2D eigenvalue weighted by atomic mass is 9.68. The Morgan fingerprint density at radius 1 is 1.13 bits per heavy atom. The van der Waals surface area contributed by atoms with Crippen LogP contribution in [0.2, 0.25) is 0 Å². The largest absolute Gasteiger partial charge is 0.355 e. The van der Waals surface area contributed by atoms with Crippen LogP contribution in [0.5, 0.6) is 0 Å². The second kappa shape index (κ2) is 7.34. The molecule has 1 aromatic carbocycles. The Morgan fingerprint density at radius 3 is 2.26 bits per heavy atom. The van der Waals surface area contributed by atoms with Gasteiger partial charge in [0.15, 0.2) is 0 Å². The molecule has 1 amide bonds. The number of nitrogens with one attached hydrogen (secondary N) is 2. The lowest BCUT2D eigenvalue weighted by molar-refractivity contribution is -0.128. The molecular weight excluding hydrogens is 312 g/mol. The maximum absolute atomic E-state index is 12.8. The van der Waals surface area contributed by atoms with Gasteiger partial charge in [0.05, 0.1) is 11.7 Å². The number of hydrogen-bond donors (Lipinski definition) is 2. The second-order valence-electron chi connectivity index (χ2n) is 6.35. The van der Waals surface area contributed by atoms with E-state index >= 15 is 0 Å². The summed E-state index contributed by atoms with van der Waals surface area (Å²) >= 11 is 0. The van der Waals surface area contributed by atoms with E-state index < -0.39 is 15.4 Å². The Labute approximate surface area is 138 Å². The van der Waals surface area contributed by atoms with Gasteiger partial charge in [-0.1, -0.05) is 38.3 Å². The highest BCUT2D eigenvalue weighted by Crippen LogP contribution is 2.40. The molecule has 2 N–H and O–H groups in total. The summed E-state index contributed by atoms with van der Waals surface area (Å²) in [5.41, 5.74) is 1.03. The highest BCUT2D eigenvalue weighted by atomic mass is 32.2. The quantitative estimate of drug-likeness (QED) is 0.837. The van der Waals surface area contributed by atoms with E-state index in [1.54, 1.807) is 12.1 Å². The van der Waals surface area contributed by atoms with Crippen molar-refractivity contribution in [1.29, 1.82) is 0 Å². The van der Waals surface area contributed by atoms with Gasteiger partial charge in [-0.3, -0.25) is 9.52 Å². The maximum Gasteiger partial charge on any atom is 0.230 e. The predicted octanol–water partition coefficient (Wildman–Crippen LogP) is 2.79. The molecule has 0 aliphatic heterocycles. The molecule has 23 heavy (non-hydrogen) atoms. The molecule has 1 aromatic rings. The summed E-state index contributed by atoms with van der Waals surface area (Å²) in [6.45, 7) is 2.73. The van der Waals surface area contributed by atoms with Crippen LogP contribution in [0, 0.1) is 0 Å². The molecule has 5 nitrogen and oxygen atoms in total. The van der Waals surface area contributed by atoms with Crippen LogP contribution in [0.15, 0.2) is 24.3 Å². The zero-order chi connectivity index (χ0) is 16.9. The highest BCUT2D eigenvalue weighted by Gasteiger charge is 2.40. The lowest BCUT2D eigenvalue weighted by Gasteiger charge is -2.36. The van der Waals surface area contributed by atoms with Crippen molar-refractivity contribution in [2.75, 3.05) is 17.5 Å². The summed E-state index contributed by atoms with van der Waals surface area (Å²) in [7, 11) is -3.29. The van der Waals surface area contributed by atoms with Crippen LogP contribution in [0.25, 0.3) is 0 Å². The van der Waals surface area contributed by atoms with Gasteiger partial charge in [0, 0.05) is 12.2 Å². The van der Waals surface area contributed by atoms with E-state index in [0.29, 0.717) is 12.2 Å². The molecule has 1 saturated carbocycles. The van der Waals surface area contributed by atoms with Crippen LogP contribution in [0.3, 0.4) is 0 Å². The van der Waals surface area contributed by atoms with Crippen molar-refractivity contribution < 1.29 is 13.2 Å². The number of sulfonamides is 1. The van der Waals surface area contributed by atoms with Crippen molar-refractivity contribution >= 4 is 21.6 Å². The fraction of sp³-hybridized carbons (Fsp3) is 0.588. The molecule has 1 fully saturated rings. The Hall–Kier alpha value is -1.56. The van der Waals surface area contributed by atoms with Crippen LogP contribution < -0.4 is 10.0 Å². The zero-order valence-corrected chi connectivity index (χ0v) is 14.7. The van der Waals surface area contributed by atoms with Crippen molar-refractivity contribution in [3.05, 3.63) is 29.8 Å². The number of carbonyl (C=O) groups excluding carboxylic acids is 1. The monoisotopic (exact) mass is 338 g/mol. The van der Waals surface area contributed by atoms with Crippen molar-refractivity contribution in [3.8, 4) is 0 Å². The number of carbonyl (C=O) groups is 1. The molecule has 0 radical (unpaired) electrons. The molecule has 0 aromatic heterocycles. The molecular formula is C17H26N2O3S. The molecule has 1 aliphatic rings. The van der Waals surface area contributed by atoms with Gasteiger partial charge < -0.3 is 5.32 Å². The molecule has 0 unspecified atom stereocenters. The number of hydrogen-bond acceptors (Lipinski definition) is 3. The molecule has 1 aliphatic carbocycles. The maximum atomic E-state index is 12.8. The van der Waals surface area contributed by atoms with Gasteiger partial charge in [-0.25, -0.2) is 8.42 Å². The van der Waals surface area contributed by atoms with Gasteiger partial charge >= 0.3 is 0 Å². The molecule has 0 saturated heterocycles. The SMILES string of the molecule is CCCNC(=O)C1(c2ccc(NS(C)(=O)=O)cc2)CCCCC1. The smallest absolute Gasteiger partial charge is 0.230 e. The fourth-order valence-corrected chi connectivity index (χ4v) is 3.85. The second-order valence-corrected chi connectivity index (χ2v) is 8.10. The fourth-order valence-electron chi connectivity index (χ4n) is 3.28. The van der Waals surface area contributed by atoms with E-state index in [2.05, 4.69) is 10.0 Å². The van der Waals surface area contributed by atoms with Gasteiger partial charge in [0.2, 0.25) is 15.9 Å².